The van der Waals surface area contributed by atoms with Crippen LogP contribution in [0.3, 0.4) is 0 Å². The van der Waals surface area contributed by atoms with Gasteiger partial charge in [-0.1, -0.05) is 30.3 Å². The van der Waals surface area contributed by atoms with Crippen LogP contribution in [0.25, 0.3) is 10.9 Å². The van der Waals surface area contributed by atoms with Crippen LogP contribution in [0.1, 0.15) is 12.0 Å². The highest BCUT2D eigenvalue weighted by Crippen LogP contribution is 2.36. The summed E-state index contributed by atoms with van der Waals surface area (Å²) in [6, 6.07) is 14.8. The van der Waals surface area contributed by atoms with Crippen molar-refractivity contribution in [2.75, 3.05) is 23.8 Å². The maximum Gasteiger partial charge on any atom is 0.247 e. The monoisotopic (exact) mass is 534 g/mol. The summed E-state index contributed by atoms with van der Waals surface area (Å²) in [6.45, 7) is 4.88. The fourth-order valence-corrected chi connectivity index (χ4v) is 4.16. The number of carbonyl (C=O) groups excluding carboxylic acids is 1. The molecule has 0 saturated carbocycles. The van der Waals surface area contributed by atoms with Gasteiger partial charge in [0.2, 0.25) is 5.91 Å². The number of hydrogen-bond donors (Lipinski definition) is 2. The maximum atomic E-state index is 13.1. The van der Waals surface area contributed by atoms with Crippen molar-refractivity contribution in [3.63, 3.8) is 0 Å². The van der Waals surface area contributed by atoms with Gasteiger partial charge in [0.05, 0.1) is 29.4 Å². The third-order valence-corrected chi connectivity index (χ3v) is 6.16. The largest absolute Gasteiger partial charge is 0.487 e. The van der Waals surface area contributed by atoms with Crippen molar-refractivity contribution < 1.29 is 23.4 Å². The third-order valence-electron chi connectivity index (χ3n) is 5.86. The molecule has 8 nitrogen and oxygen atoms in total. The van der Waals surface area contributed by atoms with Crippen LogP contribution in [0.5, 0.6) is 11.5 Å². The van der Waals surface area contributed by atoms with Gasteiger partial charge in [0.15, 0.2) is 0 Å². The molecule has 3 aromatic carbocycles. The van der Waals surface area contributed by atoms with Crippen LogP contribution >= 0.6 is 11.6 Å². The van der Waals surface area contributed by atoms with Crippen LogP contribution in [0.4, 0.5) is 21.6 Å². The second-order valence-corrected chi connectivity index (χ2v) is 8.98. The molecule has 0 radical (unpaired) electrons. The maximum absolute atomic E-state index is 13.1. The molecule has 10 heteroatoms. The summed E-state index contributed by atoms with van der Waals surface area (Å²) in [6.07, 6.45) is 3.27. The molecule has 5 rings (SSSR count). The first kappa shape index (κ1) is 25.4. The summed E-state index contributed by atoms with van der Waals surface area (Å²) in [5.41, 5.74) is 2.58. The molecule has 1 aliphatic heterocycles. The number of fused-ring (bicyclic) bond motifs is 1. The molecule has 0 bridgehead atoms. The minimum absolute atomic E-state index is 0.114. The van der Waals surface area contributed by atoms with Crippen molar-refractivity contribution in [1.82, 2.24) is 9.97 Å². The molecule has 1 unspecified atom stereocenters. The zero-order valence-electron chi connectivity index (χ0n) is 20.2. The molecule has 38 heavy (non-hydrogen) atoms. The molecule has 1 atom stereocenters. The van der Waals surface area contributed by atoms with Gasteiger partial charge in [-0.25, -0.2) is 14.4 Å². The van der Waals surface area contributed by atoms with E-state index in [1.807, 2.05) is 0 Å². The fourth-order valence-electron chi connectivity index (χ4n) is 3.92. The molecular formula is C28H24ClFN4O4. The van der Waals surface area contributed by atoms with E-state index >= 15 is 0 Å². The van der Waals surface area contributed by atoms with Crippen LogP contribution in [0.2, 0.25) is 5.02 Å². The highest BCUT2D eigenvalue weighted by atomic mass is 35.5. The molecule has 0 spiro atoms. The van der Waals surface area contributed by atoms with Gasteiger partial charge in [-0.05, 0) is 48.0 Å². The molecule has 2 N–H and O–H groups in total. The number of nitrogens with zero attached hydrogens (tertiary/aromatic N) is 2. The molecule has 4 aromatic rings. The first-order chi connectivity index (χ1) is 18.5. The first-order valence-corrected chi connectivity index (χ1v) is 12.3. The molecule has 1 saturated heterocycles. The number of hydrogen-bond acceptors (Lipinski definition) is 7. The van der Waals surface area contributed by atoms with Crippen LogP contribution in [0, 0.1) is 5.82 Å². The number of halogens is 2. The van der Waals surface area contributed by atoms with E-state index < -0.39 is 0 Å². The van der Waals surface area contributed by atoms with E-state index in [1.54, 1.807) is 42.5 Å². The van der Waals surface area contributed by atoms with Crippen molar-refractivity contribution in [3.05, 3.63) is 90.0 Å². The molecule has 1 fully saturated rings. The molecular weight excluding hydrogens is 511 g/mol. The second kappa shape index (κ2) is 11.5. The SMILES string of the molecule is C=CC(=O)Nc1cc2c(Nc3ccc(OCc4ccc(F)cc4)c(Cl)c3)ncnc2cc1OC1CCOC1. The Labute approximate surface area is 223 Å². The Hall–Kier alpha value is -4.21. The number of ether oxygens (including phenoxy) is 3. The van der Waals surface area contributed by atoms with Gasteiger partial charge in [0.1, 0.15) is 42.2 Å². The number of carbonyl (C=O) groups is 1. The fraction of sp³-hybridized carbons (Fsp3) is 0.179. The zero-order valence-corrected chi connectivity index (χ0v) is 21.0. The molecule has 2 heterocycles. The topological polar surface area (TPSA) is 94.6 Å². The van der Waals surface area contributed by atoms with Crippen molar-refractivity contribution in [2.24, 2.45) is 0 Å². The van der Waals surface area contributed by atoms with Gasteiger partial charge in [-0.15, -0.1) is 0 Å². The Kier molecular flexibility index (Phi) is 7.67. The lowest BCUT2D eigenvalue weighted by atomic mass is 10.1. The van der Waals surface area contributed by atoms with E-state index in [0.717, 1.165) is 12.0 Å². The van der Waals surface area contributed by atoms with E-state index in [1.165, 1.54) is 24.5 Å². The average molecular weight is 535 g/mol. The highest BCUT2D eigenvalue weighted by molar-refractivity contribution is 6.32. The lowest BCUT2D eigenvalue weighted by Gasteiger charge is -2.17. The molecule has 1 amide bonds. The Morgan fingerprint density at radius 1 is 1.16 bits per heavy atom. The van der Waals surface area contributed by atoms with Crippen LogP contribution in [0.15, 0.2) is 73.6 Å². The van der Waals surface area contributed by atoms with Gasteiger partial charge < -0.3 is 24.8 Å². The summed E-state index contributed by atoms with van der Waals surface area (Å²) in [4.78, 5) is 20.9. The minimum atomic E-state index is -0.369. The predicted octanol–water partition coefficient (Wildman–Crippen LogP) is 6.04. The molecule has 0 aliphatic carbocycles. The Morgan fingerprint density at radius 2 is 2.00 bits per heavy atom. The lowest BCUT2D eigenvalue weighted by molar-refractivity contribution is -0.111. The number of benzene rings is 3. The van der Waals surface area contributed by atoms with Gasteiger partial charge in [-0.2, -0.15) is 0 Å². The molecule has 194 valence electrons. The van der Waals surface area contributed by atoms with Gasteiger partial charge in [-0.3, -0.25) is 4.79 Å². The zero-order chi connectivity index (χ0) is 26.5. The predicted molar refractivity (Wildman–Crippen MR) is 144 cm³/mol. The Balaban J connectivity index is 1.38. The van der Waals surface area contributed by atoms with Crippen LogP contribution < -0.4 is 20.1 Å². The standard InChI is InChI=1S/C28H24ClFN4O4/c1-2-27(35)34-24-12-21-23(13-26(24)38-20-9-10-36-15-20)31-16-32-28(21)33-19-7-8-25(22(29)11-19)37-14-17-3-5-18(30)6-4-17/h2-8,11-13,16,20H,1,9-10,14-15H2,(H,34,35)(H,31,32,33). The minimum Gasteiger partial charge on any atom is -0.487 e. The van der Waals surface area contributed by atoms with Gasteiger partial charge in [0, 0.05) is 23.6 Å². The quantitative estimate of drug-likeness (QED) is 0.253. The summed E-state index contributed by atoms with van der Waals surface area (Å²) in [7, 11) is 0. The van der Waals surface area contributed by atoms with E-state index in [4.69, 9.17) is 25.8 Å². The smallest absolute Gasteiger partial charge is 0.247 e. The third kappa shape index (κ3) is 6.01. The summed E-state index contributed by atoms with van der Waals surface area (Å²) in [5.74, 6) is 0.809. The van der Waals surface area contributed by atoms with E-state index in [0.29, 0.717) is 57.8 Å². The summed E-state index contributed by atoms with van der Waals surface area (Å²) < 4.78 is 30.4. The number of nitrogens with one attached hydrogen (secondary N) is 2. The number of rotatable bonds is 9. The lowest BCUT2D eigenvalue weighted by Crippen LogP contribution is -2.18. The number of amides is 1. The number of anilines is 3. The number of aromatic nitrogens is 2. The molecule has 1 aromatic heterocycles. The highest BCUT2D eigenvalue weighted by Gasteiger charge is 2.20. The van der Waals surface area contributed by atoms with E-state index in [2.05, 4.69) is 27.2 Å². The van der Waals surface area contributed by atoms with Crippen molar-refractivity contribution in [3.8, 4) is 11.5 Å². The average Bonchev–Trinajstić information content (AvgIpc) is 3.43. The van der Waals surface area contributed by atoms with Crippen LogP contribution in [-0.2, 0) is 16.1 Å². The summed E-state index contributed by atoms with van der Waals surface area (Å²) >= 11 is 6.46. The first-order valence-electron chi connectivity index (χ1n) is 11.9. The normalized spacial score (nSPS) is 14.7. The van der Waals surface area contributed by atoms with E-state index in [9.17, 15) is 9.18 Å². The Morgan fingerprint density at radius 3 is 2.74 bits per heavy atom. The van der Waals surface area contributed by atoms with Gasteiger partial charge >= 0.3 is 0 Å². The Bertz CT molecular complexity index is 1480. The van der Waals surface area contributed by atoms with Gasteiger partial charge in [0.25, 0.3) is 0 Å². The molecule has 1 aliphatic rings. The van der Waals surface area contributed by atoms with Crippen molar-refractivity contribution >= 4 is 45.6 Å². The van der Waals surface area contributed by atoms with Crippen molar-refractivity contribution in [1.29, 1.82) is 0 Å². The summed E-state index contributed by atoms with van der Waals surface area (Å²) in [5, 5.41) is 7.11. The van der Waals surface area contributed by atoms with E-state index in [-0.39, 0.29) is 24.4 Å². The van der Waals surface area contributed by atoms with Crippen LogP contribution in [-0.4, -0.2) is 35.2 Å². The second-order valence-electron chi connectivity index (χ2n) is 8.57. The van der Waals surface area contributed by atoms with Crippen molar-refractivity contribution in [2.45, 2.75) is 19.1 Å².